The second-order valence-corrected chi connectivity index (χ2v) is 5.99. The van der Waals surface area contributed by atoms with Crippen molar-refractivity contribution in [3.63, 3.8) is 0 Å². The summed E-state index contributed by atoms with van der Waals surface area (Å²) in [6, 6.07) is 8.42. The molecule has 0 bridgehead atoms. The normalized spacial score (nSPS) is 21.6. The van der Waals surface area contributed by atoms with Crippen molar-refractivity contribution in [2.75, 3.05) is 33.2 Å². The Balaban J connectivity index is 1.91. The van der Waals surface area contributed by atoms with Gasteiger partial charge in [0.15, 0.2) is 5.78 Å². The lowest BCUT2D eigenvalue weighted by Crippen LogP contribution is -2.39. The molecule has 0 saturated carbocycles. The standard InChI is InChI=1S/C17H26N2O/c1-14-7-4-5-8-16(14)17(20)9-12-19-11-6-10-18(3)13-15(19)2/h4-5,7-8,15H,6,9-13H2,1-3H3. The van der Waals surface area contributed by atoms with Crippen LogP contribution in [0.4, 0.5) is 0 Å². The van der Waals surface area contributed by atoms with Gasteiger partial charge in [0.25, 0.3) is 0 Å². The summed E-state index contributed by atoms with van der Waals surface area (Å²) in [4.78, 5) is 17.2. The van der Waals surface area contributed by atoms with Gasteiger partial charge < -0.3 is 4.90 Å². The van der Waals surface area contributed by atoms with E-state index >= 15 is 0 Å². The fourth-order valence-corrected chi connectivity index (χ4v) is 3.02. The Morgan fingerprint density at radius 1 is 1.30 bits per heavy atom. The van der Waals surface area contributed by atoms with Gasteiger partial charge in [-0.3, -0.25) is 9.69 Å². The number of carbonyl (C=O) groups is 1. The van der Waals surface area contributed by atoms with E-state index in [0.29, 0.717) is 12.5 Å². The first kappa shape index (κ1) is 15.2. The van der Waals surface area contributed by atoms with Gasteiger partial charge in [0, 0.05) is 31.1 Å². The number of hydrogen-bond donors (Lipinski definition) is 0. The maximum absolute atomic E-state index is 12.3. The third-order valence-electron chi connectivity index (χ3n) is 4.26. The maximum Gasteiger partial charge on any atom is 0.164 e. The molecule has 3 nitrogen and oxygen atoms in total. The molecule has 0 N–H and O–H groups in total. The molecule has 110 valence electrons. The molecular formula is C17H26N2O. The summed E-state index contributed by atoms with van der Waals surface area (Å²) >= 11 is 0. The van der Waals surface area contributed by atoms with Gasteiger partial charge in [-0.25, -0.2) is 0 Å². The SMILES string of the molecule is Cc1ccccc1C(=O)CCN1CCCN(C)CC1C. The Hall–Kier alpha value is -1.19. The number of aryl methyl sites for hydroxylation is 1. The first-order valence-electron chi connectivity index (χ1n) is 7.59. The Labute approximate surface area is 122 Å². The van der Waals surface area contributed by atoms with Crippen molar-refractivity contribution in [2.45, 2.75) is 32.7 Å². The highest BCUT2D eigenvalue weighted by molar-refractivity contribution is 5.97. The predicted molar refractivity (Wildman–Crippen MR) is 83.3 cm³/mol. The van der Waals surface area contributed by atoms with Crippen LogP contribution in [-0.4, -0.2) is 54.9 Å². The minimum absolute atomic E-state index is 0.271. The van der Waals surface area contributed by atoms with E-state index in [1.165, 1.54) is 6.42 Å². The summed E-state index contributed by atoms with van der Waals surface area (Å²) in [5.41, 5.74) is 1.97. The number of ketones is 1. The van der Waals surface area contributed by atoms with Crippen LogP contribution in [-0.2, 0) is 0 Å². The third-order valence-corrected chi connectivity index (χ3v) is 4.26. The van der Waals surface area contributed by atoms with Gasteiger partial charge in [-0.15, -0.1) is 0 Å². The highest BCUT2D eigenvalue weighted by Gasteiger charge is 2.20. The third kappa shape index (κ3) is 3.90. The summed E-state index contributed by atoms with van der Waals surface area (Å²) in [6.07, 6.45) is 1.82. The first-order valence-corrected chi connectivity index (χ1v) is 7.59. The van der Waals surface area contributed by atoms with Gasteiger partial charge in [-0.05, 0) is 46.0 Å². The van der Waals surface area contributed by atoms with Crippen molar-refractivity contribution in [2.24, 2.45) is 0 Å². The molecule has 1 aliphatic rings. The van der Waals surface area contributed by atoms with E-state index in [1.807, 2.05) is 31.2 Å². The van der Waals surface area contributed by atoms with Crippen molar-refractivity contribution in [1.82, 2.24) is 9.80 Å². The van der Waals surface area contributed by atoms with Crippen molar-refractivity contribution >= 4 is 5.78 Å². The number of carbonyl (C=O) groups excluding carboxylic acids is 1. The molecule has 1 unspecified atom stereocenters. The van der Waals surface area contributed by atoms with E-state index in [9.17, 15) is 4.79 Å². The minimum atomic E-state index is 0.271. The van der Waals surface area contributed by atoms with Gasteiger partial charge in [-0.1, -0.05) is 24.3 Å². The first-order chi connectivity index (χ1) is 9.58. The van der Waals surface area contributed by atoms with Crippen LogP contribution in [0.2, 0.25) is 0 Å². The Morgan fingerprint density at radius 3 is 2.80 bits per heavy atom. The number of hydrogen-bond acceptors (Lipinski definition) is 3. The van der Waals surface area contributed by atoms with Crippen molar-refractivity contribution in [3.05, 3.63) is 35.4 Å². The molecule has 3 heteroatoms. The number of benzene rings is 1. The molecule has 0 radical (unpaired) electrons. The molecule has 0 amide bonds. The molecule has 0 aliphatic carbocycles. The van der Waals surface area contributed by atoms with E-state index < -0.39 is 0 Å². The zero-order valence-electron chi connectivity index (χ0n) is 12.9. The second kappa shape index (κ2) is 7.00. The molecular weight excluding hydrogens is 248 g/mol. The van der Waals surface area contributed by atoms with E-state index in [1.54, 1.807) is 0 Å². The van der Waals surface area contributed by atoms with Gasteiger partial charge in [0.2, 0.25) is 0 Å². The lowest BCUT2D eigenvalue weighted by molar-refractivity contribution is 0.0953. The topological polar surface area (TPSA) is 23.6 Å². The molecule has 20 heavy (non-hydrogen) atoms. The largest absolute Gasteiger partial charge is 0.305 e. The van der Waals surface area contributed by atoms with Crippen LogP contribution in [0.15, 0.2) is 24.3 Å². The van der Waals surface area contributed by atoms with E-state index in [2.05, 4.69) is 23.8 Å². The van der Waals surface area contributed by atoms with Gasteiger partial charge >= 0.3 is 0 Å². The summed E-state index contributed by atoms with van der Waals surface area (Å²) in [6.45, 7) is 8.51. The smallest absolute Gasteiger partial charge is 0.164 e. The highest BCUT2D eigenvalue weighted by Crippen LogP contribution is 2.13. The van der Waals surface area contributed by atoms with Gasteiger partial charge in [0.05, 0.1) is 0 Å². The minimum Gasteiger partial charge on any atom is -0.305 e. The fraction of sp³-hybridized carbons (Fsp3) is 0.588. The Bertz CT molecular complexity index is 458. The van der Waals surface area contributed by atoms with Gasteiger partial charge in [0.1, 0.15) is 0 Å². The predicted octanol–water partition coefficient (Wildman–Crippen LogP) is 2.59. The lowest BCUT2D eigenvalue weighted by Gasteiger charge is -2.27. The molecule has 1 atom stereocenters. The molecule has 1 aliphatic heterocycles. The fourth-order valence-electron chi connectivity index (χ4n) is 3.02. The summed E-state index contributed by atoms with van der Waals surface area (Å²) in [5.74, 6) is 0.271. The van der Waals surface area contributed by atoms with E-state index in [0.717, 1.165) is 37.3 Å². The van der Waals surface area contributed by atoms with Crippen LogP contribution in [0.1, 0.15) is 35.7 Å². The van der Waals surface area contributed by atoms with E-state index in [-0.39, 0.29) is 5.78 Å². The van der Waals surface area contributed by atoms with Crippen molar-refractivity contribution < 1.29 is 4.79 Å². The Morgan fingerprint density at radius 2 is 2.05 bits per heavy atom. The van der Waals surface area contributed by atoms with Crippen molar-refractivity contribution in [3.8, 4) is 0 Å². The molecule has 1 saturated heterocycles. The average molecular weight is 274 g/mol. The molecule has 0 aromatic heterocycles. The molecule has 2 rings (SSSR count). The lowest BCUT2D eigenvalue weighted by atomic mass is 10.0. The summed E-state index contributed by atoms with van der Waals surface area (Å²) in [5, 5.41) is 0. The van der Waals surface area contributed by atoms with E-state index in [4.69, 9.17) is 0 Å². The second-order valence-electron chi connectivity index (χ2n) is 5.99. The molecule has 0 spiro atoms. The number of Topliss-reactive ketones (excluding diaryl/α,β-unsaturated/α-hetero) is 1. The monoisotopic (exact) mass is 274 g/mol. The van der Waals surface area contributed by atoms with Crippen LogP contribution in [0, 0.1) is 6.92 Å². The Kier molecular flexibility index (Phi) is 5.32. The van der Waals surface area contributed by atoms with Crippen LogP contribution in [0.5, 0.6) is 0 Å². The number of likely N-dealkylation sites (N-methyl/N-ethyl adjacent to an activating group) is 1. The van der Waals surface area contributed by atoms with Crippen LogP contribution in [0.3, 0.4) is 0 Å². The zero-order valence-corrected chi connectivity index (χ0v) is 12.9. The van der Waals surface area contributed by atoms with Crippen LogP contribution < -0.4 is 0 Å². The summed E-state index contributed by atoms with van der Waals surface area (Å²) in [7, 11) is 2.18. The van der Waals surface area contributed by atoms with Crippen molar-refractivity contribution in [1.29, 1.82) is 0 Å². The number of nitrogens with zero attached hydrogens (tertiary/aromatic N) is 2. The van der Waals surface area contributed by atoms with Crippen LogP contribution in [0.25, 0.3) is 0 Å². The average Bonchev–Trinajstić information content (AvgIpc) is 2.57. The van der Waals surface area contributed by atoms with Gasteiger partial charge in [-0.2, -0.15) is 0 Å². The summed E-state index contributed by atoms with van der Waals surface area (Å²) < 4.78 is 0. The quantitative estimate of drug-likeness (QED) is 0.789. The number of rotatable bonds is 4. The maximum atomic E-state index is 12.3. The highest BCUT2D eigenvalue weighted by atomic mass is 16.1. The molecule has 1 aromatic rings. The molecule has 1 aromatic carbocycles. The molecule has 1 heterocycles. The molecule has 1 fully saturated rings. The zero-order chi connectivity index (χ0) is 14.5. The van der Waals surface area contributed by atoms with Crippen LogP contribution >= 0.6 is 0 Å².